The smallest absolute Gasteiger partial charge is 0.135 e. The third-order valence-electron chi connectivity index (χ3n) is 12.5. The molecule has 2 heteroatoms. The van der Waals surface area contributed by atoms with E-state index in [0.717, 1.165) is 28.0 Å². The van der Waals surface area contributed by atoms with Crippen LogP contribution in [0.3, 0.4) is 0 Å². The molecule has 0 aliphatic heterocycles. The zero-order valence-electron chi connectivity index (χ0n) is 33.9. The molecular weight excluding hydrogens is 751 g/mol. The van der Waals surface area contributed by atoms with Crippen molar-refractivity contribution in [3.05, 3.63) is 237 Å². The Bertz CT molecular complexity index is 3630. The molecule has 0 bridgehead atoms. The summed E-state index contributed by atoms with van der Waals surface area (Å²) in [6.45, 7) is 0. The Morgan fingerprint density at radius 3 is 1.52 bits per heavy atom. The largest absolute Gasteiger partial charge is 0.457 e. The Kier molecular flexibility index (Phi) is 8.53. The van der Waals surface area contributed by atoms with Gasteiger partial charge in [-0.25, -0.2) is 0 Å². The predicted octanol–water partition coefficient (Wildman–Crippen LogP) is 16.7. The summed E-state index contributed by atoms with van der Waals surface area (Å²) < 4.78 is 8.96. The molecule has 62 heavy (non-hydrogen) atoms. The van der Waals surface area contributed by atoms with E-state index in [1.807, 2.05) is 0 Å². The van der Waals surface area contributed by atoms with Gasteiger partial charge >= 0.3 is 0 Å². The van der Waals surface area contributed by atoms with Gasteiger partial charge in [0.25, 0.3) is 0 Å². The summed E-state index contributed by atoms with van der Waals surface area (Å²) in [6.07, 6.45) is 0. The number of aromatic nitrogens is 1. The number of benzene rings is 11. The monoisotopic (exact) mass is 789 g/mol. The van der Waals surface area contributed by atoms with Gasteiger partial charge in [0.1, 0.15) is 11.5 Å². The van der Waals surface area contributed by atoms with Gasteiger partial charge in [0.2, 0.25) is 0 Å². The maximum absolute atomic E-state index is 6.51. The zero-order valence-corrected chi connectivity index (χ0v) is 33.9. The topological polar surface area (TPSA) is 14.2 Å². The standard InChI is InChI=1S/C60H39NO/c1-2-12-44(13-3-1)51-33-36-60(54-19-9-8-18-53(51)54)62-50-31-27-42(28-32-50)41-21-23-43(24-22-41)48-29-34-58-55(38-48)56-39-49(47-26-25-40-11-4-5-15-46(40)37-47)30-35-59(56)61(58)57-20-10-16-45-14-6-7-17-52(45)57/h1-39H. The zero-order chi connectivity index (χ0) is 41.0. The highest BCUT2D eigenvalue weighted by molar-refractivity contribution is 6.13. The van der Waals surface area contributed by atoms with Crippen molar-refractivity contribution in [1.29, 1.82) is 0 Å². The van der Waals surface area contributed by atoms with E-state index in [1.165, 1.54) is 87.8 Å². The molecule has 11 aromatic carbocycles. The summed E-state index contributed by atoms with van der Waals surface area (Å²) in [5.41, 5.74) is 13.1. The number of hydrogen-bond donors (Lipinski definition) is 0. The minimum atomic E-state index is 0.808. The van der Waals surface area contributed by atoms with Crippen LogP contribution in [0.2, 0.25) is 0 Å². The Morgan fingerprint density at radius 1 is 0.274 bits per heavy atom. The fourth-order valence-electron chi connectivity index (χ4n) is 9.34. The van der Waals surface area contributed by atoms with Gasteiger partial charge in [0.15, 0.2) is 0 Å². The molecule has 0 unspecified atom stereocenters. The second-order valence-corrected chi connectivity index (χ2v) is 16.1. The van der Waals surface area contributed by atoms with Crippen molar-refractivity contribution < 1.29 is 4.74 Å². The van der Waals surface area contributed by atoms with Crippen LogP contribution in [0.4, 0.5) is 0 Å². The van der Waals surface area contributed by atoms with E-state index in [1.54, 1.807) is 0 Å². The van der Waals surface area contributed by atoms with Crippen molar-refractivity contribution in [2.75, 3.05) is 0 Å². The molecule has 290 valence electrons. The Balaban J connectivity index is 0.885. The summed E-state index contributed by atoms with van der Waals surface area (Å²) in [4.78, 5) is 0. The molecule has 0 N–H and O–H groups in total. The van der Waals surface area contributed by atoms with Gasteiger partial charge in [0, 0.05) is 21.5 Å². The number of ether oxygens (including phenoxy) is 1. The molecular formula is C60H39NO. The van der Waals surface area contributed by atoms with Crippen molar-refractivity contribution in [3.63, 3.8) is 0 Å². The van der Waals surface area contributed by atoms with Crippen LogP contribution >= 0.6 is 0 Å². The van der Waals surface area contributed by atoms with Crippen LogP contribution in [0, 0.1) is 0 Å². The van der Waals surface area contributed by atoms with Crippen molar-refractivity contribution in [2.45, 2.75) is 0 Å². The van der Waals surface area contributed by atoms with E-state index in [9.17, 15) is 0 Å². The molecule has 12 rings (SSSR count). The van der Waals surface area contributed by atoms with E-state index in [0.29, 0.717) is 0 Å². The summed E-state index contributed by atoms with van der Waals surface area (Å²) in [6, 6.07) is 85.1. The van der Waals surface area contributed by atoms with Crippen LogP contribution in [0.25, 0.3) is 104 Å². The summed E-state index contributed by atoms with van der Waals surface area (Å²) in [7, 11) is 0. The molecule has 0 amide bonds. The molecule has 1 heterocycles. The third-order valence-corrected chi connectivity index (χ3v) is 12.5. The van der Waals surface area contributed by atoms with Crippen LogP contribution < -0.4 is 4.74 Å². The van der Waals surface area contributed by atoms with Crippen LogP contribution in [0.15, 0.2) is 237 Å². The fraction of sp³-hybridized carbons (Fsp3) is 0. The van der Waals surface area contributed by atoms with Crippen molar-refractivity contribution in [3.8, 4) is 61.7 Å². The molecule has 0 atom stereocenters. The highest BCUT2D eigenvalue weighted by Crippen LogP contribution is 2.40. The van der Waals surface area contributed by atoms with Crippen molar-refractivity contribution >= 4 is 54.1 Å². The second kappa shape index (κ2) is 14.8. The maximum Gasteiger partial charge on any atom is 0.135 e. The summed E-state index contributed by atoms with van der Waals surface area (Å²) in [5, 5.41) is 9.70. The summed E-state index contributed by atoms with van der Waals surface area (Å²) in [5.74, 6) is 1.65. The van der Waals surface area contributed by atoms with Crippen LogP contribution in [0.1, 0.15) is 0 Å². The van der Waals surface area contributed by atoms with Crippen LogP contribution in [0.5, 0.6) is 11.5 Å². The lowest BCUT2D eigenvalue weighted by molar-refractivity contribution is 0.488. The number of nitrogens with zero attached hydrogens (tertiary/aromatic N) is 1. The lowest BCUT2D eigenvalue weighted by Gasteiger charge is -2.13. The van der Waals surface area contributed by atoms with Gasteiger partial charge in [-0.1, -0.05) is 182 Å². The normalized spacial score (nSPS) is 11.5. The quantitative estimate of drug-likeness (QED) is 0.157. The van der Waals surface area contributed by atoms with E-state index in [2.05, 4.69) is 241 Å². The van der Waals surface area contributed by atoms with Gasteiger partial charge in [-0.2, -0.15) is 0 Å². The lowest BCUT2D eigenvalue weighted by atomic mass is 9.97. The van der Waals surface area contributed by atoms with Gasteiger partial charge < -0.3 is 9.30 Å². The first-order valence-electron chi connectivity index (χ1n) is 21.2. The van der Waals surface area contributed by atoms with Gasteiger partial charge in [-0.05, 0) is 121 Å². The molecule has 0 aliphatic rings. The average Bonchev–Trinajstić information content (AvgIpc) is 3.67. The van der Waals surface area contributed by atoms with Crippen molar-refractivity contribution in [2.24, 2.45) is 0 Å². The lowest BCUT2D eigenvalue weighted by Crippen LogP contribution is -1.95. The number of hydrogen-bond acceptors (Lipinski definition) is 1. The molecule has 0 saturated carbocycles. The highest BCUT2D eigenvalue weighted by Gasteiger charge is 2.17. The molecule has 0 radical (unpaired) electrons. The first kappa shape index (κ1) is 35.7. The van der Waals surface area contributed by atoms with E-state index >= 15 is 0 Å². The minimum Gasteiger partial charge on any atom is -0.457 e. The van der Waals surface area contributed by atoms with Gasteiger partial charge in [0.05, 0.1) is 16.7 Å². The second-order valence-electron chi connectivity index (χ2n) is 16.1. The molecule has 2 nitrogen and oxygen atoms in total. The Labute approximate surface area is 360 Å². The molecule has 0 aliphatic carbocycles. The first-order chi connectivity index (χ1) is 30.7. The number of fused-ring (bicyclic) bond motifs is 6. The summed E-state index contributed by atoms with van der Waals surface area (Å²) >= 11 is 0. The first-order valence-corrected chi connectivity index (χ1v) is 21.2. The predicted molar refractivity (Wildman–Crippen MR) is 262 cm³/mol. The van der Waals surface area contributed by atoms with Crippen LogP contribution in [-0.2, 0) is 0 Å². The number of rotatable bonds is 7. The van der Waals surface area contributed by atoms with Crippen LogP contribution in [-0.4, -0.2) is 4.57 Å². The molecule has 0 saturated heterocycles. The molecule has 0 fully saturated rings. The van der Waals surface area contributed by atoms with E-state index < -0.39 is 0 Å². The van der Waals surface area contributed by atoms with E-state index in [4.69, 9.17) is 4.74 Å². The maximum atomic E-state index is 6.51. The minimum absolute atomic E-state index is 0.808. The third kappa shape index (κ3) is 6.20. The Hall–Kier alpha value is -8.20. The Morgan fingerprint density at radius 2 is 0.790 bits per heavy atom. The fourth-order valence-corrected chi connectivity index (χ4v) is 9.34. The van der Waals surface area contributed by atoms with Gasteiger partial charge in [-0.3, -0.25) is 0 Å². The molecule has 1 aromatic heterocycles. The SMILES string of the molecule is c1ccc(-c2ccc(Oc3ccc(-c4ccc(-c5ccc6c(c5)c5cc(-c7ccc8ccccc8c7)ccc5n6-c5cccc6ccccc56)cc4)cc3)c3ccccc23)cc1. The average molecular weight is 790 g/mol. The van der Waals surface area contributed by atoms with E-state index in [-0.39, 0.29) is 0 Å². The van der Waals surface area contributed by atoms with Gasteiger partial charge in [-0.15, -0.1) is 0 Å². The van der Waals surface area contributed by atoms with Crippen molar-refractivity contribution in [1.82, 2.24) is 4.57 Å². The molecule has 0 spiro atoms. The highest BCUT2D eigenvalue weighted by atomic mass is 16.5. The molecule has 12 aromatic rings.